The molecule has 0 spiro atoms. The minimum absolute atomic E-state index is 0.137. The zero-order chi connectivity index (χ0) is 17.6. The summed E-state index contributed by atoms with van der Waals surface area (Å²) in [5, 5.41) is 0. The fourth-order valence-corrected chi connectivity index (χ4v) is 4.43. The lowest BCUT2D eigenvalue weighted by Gasteiger charge is -2.32. The van der Waals surface area contributed by atoms with Crippen LogP contribution in [0.15, 0.2) is 55.1 Å². The first-order chi connectivity index (χ1) is 12.2. The highest BCUT2D eigenvalue weighted by molar-refractivity contribution is 7.16. The molecular formula is C20H23ClN2OS. The van der Waals surface area contributed by atoms with Gasteiger partial charge in [-0.25, -0.2) is 0 Å². The Morgan fingerprint density at radius 1 is 1.24 bits per heavy atom. The first-order valence-corrected chi connectivity index (χ1v) is 9.81. The number of halogens is 1. The average Bonchev–Trinajstić information content (AvgIpc) is 3.28. The monoisotopic (exact) mass is 374 g/mol. The van der Waals surface area contributed by atoms with Gasteiger partial charge in [0.15, 0.2) is 0 Å². The highest BCUT2D eigenvalue weighted by atomic mass is 35.5. The summed E-state index contributed by atoms with van der Waals surface area (Å²) in [6.07, 6.45) is 4.09. The minimum Gasteiger partial charge on any atom is -0.332 e. The molecule has 2 heterocycles. The van der Waals surface area contributed by atoms with E-state index in [9.17, 15) is 4.79 Å². The first kappa shape index (κ1) is 18.2. The average molecular weight is 375 g/mol. The Balaban J connectivity index is 1.86. The van der Waals surface area contributed by atoms with Gasteiger partial charge >= 0.3 is 0 Å². The second-order valence-corrected chi connectivity index (χ2v) is 8.07. The fourth-order valence-electron chi connectivity index (χ4n) is 3.33. The molecule has 1 amide bonds. The SMILES string of the molecule is C=CCN(Cc1ccc(Cl)s1)C(=O)C(c1ccccc1)N1CCCC1. The quantitative estimate of drug-likeness (QED) is 0.653. The molecule has 25 heavy (non-hydrogen) atoms. The maximum atomic E-state index is 13.4. The van der Waals surface area contributed by atoms with Gasteiger partial charge < -0.3 is 4.90 Å². The lowest BCUT2D eigenvalue weighted by molar-refractivity contribution is -0.137. The maximum absolute atomic E-state index is 13.4. The number of rotatable bonds is 7. The van der Waals surface area contributed by atoms with Gasteiger partial charge in [-0.15, -0.1) is 17.9 Å². The van der Waals surface area contributed by atoms with Crippen molar-refractivity contribution in [3.63, 3.8) is 0 Å². The third-order valence-electron chi connectivity index (χ3n) is 4.49. The van der Waals surface area contributed by atoms with Crippen LogP contribution in [0.5, 0.6) is 0 Å². The third kappa shape index (κ3) is 4.51. The fraction of sp³-hybridized carbons (Fsp3) is 0.350. The second kappa shape index (κ2) is 8.65. The lowest BCUT2D eigenvalue weighted by atomic mass is 10.0. The predicted octanol–water partition coefficient (Wildman–Crippen LogP) is 4.75. The molecule has 1 atom stereocenters. The molecule has 5 heteroatoms. The molecule has 0 saturated carbocycles. The molecule has 132 valence electrons. The molecule has 1 aromatic heterocycles. The second-order valence-electron chi connectivity index (χ2n) is 6.27. The molecule has 1 fully saturated rings. The van der Waals surface area contributed by atoms with Crippen molar-refractivity contribution in [1.82, 2.24) is 9.80 Å². The van der Waals surface area contributed by atoms with Crippen molar-refractivity contribution in [2.75, 3.05) is 19.6 Å². The molecule has 0 aliphatic carbocycles. The van der Waals surface area contributed by atoms with Crippen molar-refractivity contribution < 1.29 is 4.79 Å². The Morgan fingerprint density at radius 3 is 2.56 bits per heavy atom. The molecule has 1 unspecified atom stereocenters. The van der Waals surface area contributed by atoms with Gasteiger partial charge in [-0.05, 0) is 43.6 Å². The minimum atomic E-state index is -0.223. The van der Waals surface area contributed by atoms with Crippen LogP contribution in [0.2, 0.25) is 4.34 Å². The van der Waals surface area contributed by atoms with E-state index in [1.807, 2.05) is 35.2 Å². The smallest absolute Gasteiger partial charge is 0.245 e. The van der Waals surface area contributed by atoms with E-state index in [-0.39, 0.29) is 11.9 Å². The standard InChI is InChI=1S/C20H23ClN2OS/c1-2-12-23(15-17-10-11-18(21)25-17)20(24)19(22-13-6-7-14-22)16-8-4-3-5-9-16/h2-5,8-11,19H,1,6-7,12-15H2. The van der Waals surface area contributed by atoms with Gasteiger partial charge in [0.25, 0.3) is 0 Å². The Morgan fingerprint density at radius 2 is 1.96 bits per heavy atom. The molecule has 1 aliphatic heterocycles. The summed E-state index contributed by atoms with van der Waals surface area (Å²) in [7, 11) is 0. The number of likely N-dealkylation sites (tertiary alicyclic amines) is 1. The highest BCUT2D eigenvalue weighted by Gasteiger charge is 2.32. The Labute approximate surface area is 158 Å². The third-order valence-corrected chi connectivity index (χ3v) is 5.71. The number of thiophene rings is 1. The summed E-state index contributed by atoms with van der Waals surface area (Å²) in [5.74, 6) is 0.137. The number of amides is 1. The highest BCUT2D eigenvalue weighted by Crippen LogP contribution is 2.29. The van der Waals surface area contributed by atoms with E-state index < -0.39 is 0 Å². The van der Waals surface area contributed by atoms with E-state index in [4.69, 9.17) is 11.6 Å². The normalized spacial score (nSPS) is 15.9. The van der Waals surface area contributed by atoms with E-state index in [0.29, 0.717) is 13.1 Å². The van der Waals surface area contributed by atoms with Crippen LogP contribution < -0.4 is 0 Å². The van der Waals surface area contributed by atoms with Crippen LogP contribution >= 0.6 is 22.9 Å². The van der Waals surface area contributed by atoms with E-state index >= 15 is 0 Å². The van der Waals surface area contributed by atoms with Crippen molar-refractivity contribution >= 4 is 28.8 Å². The number of hydrogen-bond acceptors (Lipinski definition) is 3. The molecule has 3 nitrogen and oxygen atoms in total. The van der Waals surface area contributed by atoms with E-state index in [2.05, 4.69) is 23.6 Å². The van der Waals surface area contributed by atoms with Crippen molar-refractivity contribution in [1.29, 1.82) is 0 Å². The van der Waals surface area contributed by atoms with Crippen molar-refractivity contribution in [2.24, 2.45) is 0 Å². The molecule has 0 N–H and O–H groups in total. The van der Waals surface area contributed by atoms with Crippen LogP contribution in [-0.4, -0.2) is 35.3 Å². The molecule has 2 aromatic rings. The van der Waals surface area contributed by atoms with Gasteiger partial charge in [0, 0.05) is 11.4 Å². The van der Waals surface area contributed by atoms with Crippen LogP contribution in [-0.2, 0) is 11.3 Å². The molecular weight excluding hydrogens is 352 g/mol. The molecule has 0 radical (unpaired) electrons. The van der Waals surface area contributed by atoms with Crippen LogP contribution in [0, 0.1) is 0 Å². The summed E-state index contributed by atoms with van der Waals surface area (Å²) in [4.78, 5) is 18.7. The van der Waals surface area contributed by atoms with Crippen molar-refractivity contribution in [3.05, 3.63) is 69.9 Å². The Bertz CT molecular complexity index is 709. The first-order valence-electron chi connectivity index (χ1n) is 8.62. The zero-order valence-corrected chi connectivity index (χ0v) is 15.8. The van der Waals surface area contributed by atoms with Gasteiger partial charge in [0.05, 0.1) is 10.9 Å². The molecule has 0 bridgehead atoms. The van der Waals surface area contributed by atoms with Gasteiger partial charge in [-0.1, -0.05) is 48.0 Å². The van der Waals surface area contributed by atoms with Gasteiger partial charge in [-0.2, -0.15) is 0 Å². The van der Waals surface area contributed by atoms with Gasteiger partial charge in [0.2, 0.25) is 5.91 Å². The number of nitrogens with zero attached hydrogens (tertiary/aromatic N) is 2. The lowest BCUT2D eigenvalue weighted by Crippen LogP contribution is -2.41. The van der Waals surface area contributed by atoms with Crippen LogP contribution in [0.3, 0.4) is 0 Å². The van der Waals surface area contributed by atoms with Gasteiger partial charge in [0.1, 0.15) is 6.04 Å². The van der Waals surface area contributed by atoms with E-state index in [0.717, 1.165) is 40.7 Å². The van der Waals surface area contributed by atoms with Crippen LogP contribution in [0.1, 0.15) is 29.3 Å². The molecule has 1 aromatic carbocycles. The van der Waals surface area contributed by atoms with E-state index in [1.54, 1.807) is 6.08 Å². The largest absolute Gasteiger partial charge is 0.332 e. The Kier molecular flexibility index (Phi) is 6.29. The summed E-state index contributed by atoms with van der Waals surface area (Å²) in [5.41, 5.74) is 1.06. The molecule has 3 rings (SSSR count). The molecule has 1 saturated heterocycles. The summed E-state index contributed by atoms with van der Waals surface area (Å²) in [6.45, 7) is 6.87. The summed E-state index contributed by atoms with van der Waals surface area (Å²) >= 11 is 7.57. The number of carbonyl (C=O) groups is 1. The summed E-state index contributed by atoms with van der Waals surface area (Å²) in [6, 6.07) is 13.7. The Hall–Kier alpha value is -1.62. The topological polar surface area (TPSA) is 23.6 Å². The predicted molar refractivity (Wildman–Crippen MR) is 105 cm³/mol. The molecule has 1 aliphatic rings. The zero-order valence-electron chi connectivity index (χ0n) is 14.2. The van der Waals surface area contributed by atoms with Crippen molar-refractivity contribution in [2.45, 2.75) is 25.4 Å². The number of benzene rings is 1. The number of carbonyl (C=O) groups excluding carboxylic acids is 1. The van der Waals surface area contributed by atoms with Gasteiger partial charge in [-0.3, -0.25) is 9.69 Å². The van der Waals surface area contributed by atoms with Crippen molar-refractivity contribution in [3.8, 4) is 0 Å². The summed E-state index contributed by atoms with van der Waals surface area (Å²) < 4.78 is 0.750. The van der Waals surface area contributed by atoms with E-state index in [1.165, 1.54) is 11.3 Å². The maximum Gasteiger partial charge on any atom is 0.245 e. The van der Waals surface area contributed by atoms with Crippen LogP contribution in [0.25, 0.3) is 0 Å². The van der Waals surface area contributed by atoms with Crippen LogP contribution in [0.4, 0.5) is 0 Å². The number of hydrogen-bond donors (Lipinski definition) is 0.